The number of β-amino-alcohol motifs (C(OH)–C–C–N with tert-alkyl or cyclic N) is 2. The Morgan fingerprint density at radius 3 is 2.58 bits per heavy atom. The highest BCUT2D eigenvalue weighted by molar-refractivity contribution is 5.82. The van der Waals surface area contributed by atoms with Gasteiger partial charge in [-0.1, -0.05) is 20.3 Å². The van der Waals surface area contributed by atoms with E-state index < -0.39 is 17.9 Å². The van der Waals surface area contributed by atoms with Crippen molar-refractivity contribution in [2.45, 2.75) is 32.2 Å². The summed E-state index contributed by atoms with van der Waals surface area (Å²) < 4.78 is 5.17. The van der Waals surface area contributed by atoms with Gasteiger partial charge in [0.05, 0.1) is 25.8 Å². The summed E-state index contributed by atoms with van der Waals surface area (Å²) in [6.07, 6.45) is 0.752. The van der Waals surface area contributed by atoms with Crippen molar-refractivity contribution in [1.29, 1.82) is 0 Å². The SMILES string of the molecule is CCC(C)C(N)C(=O)NC(O)(O)CN1CCOCC1. The first kappa shape index (κ1) is 16.3. The van der Waals surface area contributed by atoms with Crippen LogP contribution in [0.5, 0.6) is 0 Å². The molecule has 19 heavy (non-hydrogen) atoms. The average Bonchev–Trinajstić information content (AvgIpc) is 2.36. The van der Waals surface area contributed by atoms with Crippen LogP contribution in [-0.2, 0) is 9.53 Å². The zero-order valence-corrected chi connectivity index (χ0v) is 11.6. The van der Waals surface area contributed by atoms with Gasteiger partial charge < -0.3 is 26.0 Å². The number of carbonyl (C=O) groups is 1. The molecule has 2 unspecified atom stereocenters. The van der Waals surface area contributed by atoms with Gasteiger partial charge in [-0.25, -0.2) is 0 Å². The van der Waals surface area contributed by atoms with Gasteiger partial charge in [0.2, 0.25) is 5.91 Å². The first-order chi connectivity index (χ1) is 8.85. The molecule has 2 atom stereocenters. The molecule has 0 radical (unpaired) electrons. The smallest absolute Gasteiger partial charge is 0.259 e. The normalized spacial score (nSPS) is 20.9. The van der Waals surface area contributed by atoms with Gasteiger partial charge in [0.15, 0.2) is 0 Å². The standard InChI is InChI=1S/C12H25N3O4/c1-3-9(2)10(13)11(16)14-12(17,18)8-15-4-6-19-7-5-15/h9-10,17-18H,3-8,13H2,1-2H3,(H,14,16). The van der Waals surface area contributed by atoms with E-state index in [9.17, 15) is 15.0 Å². The van der Waals surface area contributed by atoms with Crippen molar-refractivity contribution in [3.05, 3.63) is 0 Å². The van der Waals surface area contributed by atoms with Crippen molar-refractivity contribution >= 4 is 5.91 Å². The number of hydrogen-bond acceptors (Lipinski definition) is 6. The van der Waals surface area contributed by atoms with E-state index in [0.717, 1.165) is 6.42 Å². The van der Waals surface area contributed by atoms with Crippen molar-refractivity contribution in [2.75, 3.05) is 32.8 Å². The maximum Gasteiger partial charge on any atom is 0.259 e. The van der Waals surface area contributed by atoms with Crippen LogP contribution in [0.1, 0.15) is 20.3 Å². The molecule has 0 aromatic carbocycles. The summed E-state index contributed by atoms with van der Waals surface area (Å²) in [5.41, 5.74) is 5.74. The van der Waals surface area contributed by atoms with E-state index in [2.05, 4.69) is 5.32 Å². The van der Waals surface area contributed by atoms with E-state index in [4.69, 9.17) is 10.5 Å². The van der Waals surface area contributed by atoms with Crippen molar-refractivity contribution in [2.24, 2.45) is 11.7 Å². The van der Waals surface area contributed by atoms with E-state index in [-0.39, 0.29) is 12.5 Å². The first-order valence-corrected chi connectivity index (χ1v) is 6.68. The summed E-state index contributed by atoms with van der Waals surface area (Å²) in [6, 6.07) is -0.742. The molecule has 1 aliphatic rings. The van der Waals surface area contributed by atoms with Gasteiger partial charge >= 0.3 is 0 Å². The molecule has 1 aliphatic heterocycles. The largest absolute Gasteiger partial charge is 0.379 e. The number of aliphatic hydroxyl groups is 2. The fraction of sp³-hybridized carbons (Fsp3) is 0.917. The van der Waals surface area contributed by atoms with Crippen LogP contribution < -0.4 is 11.1 Å². The fourth-order valence-corrected chi connectivity index (χ4v) is 1.90. The second-order valence-corrected chi connectivity index (χ2v) is 5.11. The lowest BCUT2D eigenvalue weighted by atomic mass is 9.99. The summed E-state index contributed by atoms with van der Waals surface area (Å²) in [7, 11) is 0. The van der Waals surface area contributed by atoms with Gasteiger partial charge in [-0.15, -0.1) is 0 Å². The number of nitrogens with two attached hydrogens (primary N) is 1. The van der Waals surface area contributed by atoms with Crippen LogP contribution in [0.25, 0.3) is 0 Å². The minimum Gasteiger partial charge on any atom is -0.379 e. The second-order valence-electron chi connectivity index (χ2n) is 5.11. The van der Waals surface area contributed by atoms with E-state index in [1.54, 1.807) is 0 Å². The Balaban J connectivity index is 2.46. The fourth-order valence-electron chi connectivity index (χ4n) is 1.90. The van der Waals surface area contributed by atoms with Crippen LogP contribution in [0.4, 0.5) is 0 Å². The summed E-state index contributed by atoms with van der Waals surface area (Å²) in [6.45, 7) is 6.04. The van der Waals surface area contributed by atoms with Crippen LogP contribution in [0.15, 0.2) is 0 Å². The molecule has 7 nitrogen and oxygen atoms in total. The van der Waals surface area contributed by atoms with Crippen LogP contribution >= 0.6 is 0 Å². The van der Waals surface area contributed by atoms with Crippen LogP contribution in [0, 0.1) is 5.92 Å². The number of rotatable bonds is 6. The zero-order chi connectivity index (χ0) is 14.5. The summed E-state index contributed by atoms with van der Waals surface area (Å²) in [4.78, 5) is 13.6. The number of morpholine rings is 1. The van der Waals surface area contributed by atoms with E-state index in [1.807, 2.05) is 18.7 Å². The van der Waals surface area contributed by atoms with Crippen molar-refractivity contribution in [1.82, 2.24) is 10.2 Å². The molecule has 0 aromatic heterocycles. The predicted molar refractivity (Wildman–Crippen MR) is 70.0 cm³/mol. The third kappa shape index (κ3) is 5.42. The van der Waals surface area contributed by atoms with Gasteiger partial charge in [0.25, 0.3) is 5.91 Å². The summed E-state index contributed by atoms with van der Waals surface area (Å²) >= 11 is 0. The number of carbonyl (C=O) groups excluding carboxylic acids is 1. The lowest BCUT2D eigenvalue weighted by Gasteiger charge is -2.33. The summed E-state index contributed by atoms with van der Waals surface area (Å²) in [5.74, 6) is -2.83. The molecule has 1 saturated heterocycles. The van der Waals surface area contributed by atoms with E-state index in [0.29, 0.717) is 26.3 Å². The molecular weight excluding hydrogens is 250 g/mol. The van der Waals surface area contributed by atoms with Gasteiger partial charge in [0.1, 0.15) is 0 Å². The Hall–Kier alpha value is -0.730. The molecule has 0 aliphatic carbocycles. The molecule has 1 rings (SSSR count). The maximum absolute atomic E-state index is 11.8. The Morgan fingerprint density at radius 2 is 2.05 bits per heavy atom. The van der Waals surface area contributed by atoms with Gasteiger partial charge in [-0.3, -0.25) is 9.69 Å². The highest BCUT2D eigenvalue weighted by atomic mass is 16.5. The van der Waals surface area contributed by atoms with Gasteiger partial charge in [-0.2, -0.15) is 0 Å². The molecule has 0 spiro atoms. The number of ether oxygens (including phenoxy) is 1. The Morgan fingerprint density at radius 1 is 1.47 bits per heavy atom. The minimum atomic E-state index is -2.26. The number of hydrogen-bond donors (Lipinski definition) is 4. The number of nitrogens with one attached hydrogen (secondary N) is 1. The molecule has 0 saturated carbocycles. The van der Waals surface area contributed by atoms with Crippen LogP contribution in [0.2, 0.25) is 0 Å². The zero-order valence-electron chi connectivity index (χ0n) is 11.6. The quantitative estimate of drug-likeness (QED) is 0.437. The first-order valence-electron chi connectivity index (χ1n) is 6.68. The van der Waals surface area contributed by atoms with Crippen molar-refractivity contribution in [3.63, 3.8) is 0 Å². The Kier molecular flexibility index (Phi) is 6.15. The highest BCUT2D eigenvalue weighted by Gasteiger charge is 2.32. The molecule has 112 valence electrons. The van der Waals surface area contributed by atoms with Gasteiger partial charge in [0, 0.05) is 13.1 Å². The summed E-state index contributed by atoms with van der Waals surface area (Å²) in [5, 5.41) is 21.8. The second kappa shape index (κ2) is 7.16. The van der Waals surface area contributed by atoms with Gasteiger partial charge in [-0.05, 0) is 5.92 Å². The molecule has 1 fully saturated rings. The van der Waals surface area contributed by atoms with Crippen LogP contribution in [0.3, 0.4) is 0 Å². The lowest BCUT2D eigenvalue weighted by Crippen LogP contribution is -2.60. The number of nitrogens with zero attached hydrogens (tertiary/aromatic N) is 1. The molecule has 1 heterocycles. The molecular formula is C12H25N3O4. The van der Waals surface area contributed by atoms with Crippen LogP contribution in [-0.4, -0.2) is 65.8 Å². The van der Waals surface area contributed by atoms with E-state index >= 15 is 0 Å². The topological polar surface area (TPSA) is 108 Å². The van der Waals surface area contributed by atoms with Crippen molar-refractivity contribution in [3.8, 4) is 0 Å². The molecule has 0 bridgehead atoms. The average molecular weight is 275 g/mol. The lowest BCUT2D eigenvalue weighted by molar-refractivity contribution is -0.203. The predicted octanol–water partition coefficient (Wildman–Crippen LogP) is -1.55. The Bertz CT molecular complexity index is 293. The van der Waals surface area contributed by atoms with Crippen molar-refractivity contribution < 1.29 is 19.7 Å². The van der Waals surface area contributed by atoms with E-state index in [1.165, 1.54) is 0 Å². The maximum atomic E-state index is 11.8. The molecule has 0 aromatic rings. The third-order valence-electron chi connectivity index (χ3n) is 3.43. The molecule has 1 amide bonds. The number of amides is 1. The molecule has 5 N–H and O–H groups in total. The molecule has 7 heteroatoms. The highest BCUT2D eigenvalue weighted by Crippen LogP contribution is 2.08. The third-order valence-corrected chi connectivity index (χ3v) is 3.43. The monoisotopic (exact) mass is 275 g/mol. The Labute approximate surface area is 113 Å². The minimum absolute atomic E-state index is 0.0146.